The van der Waals surface area contributed by atoms with E-state index in [0.717, 1.165) is 0 Å². The number of carboxylic acid groups (broad SMARTS) is 1. The van der Waals surface area contributed by atoms with Crippen LogP contribution in [0.4, 0.5) is 0 Å². The zero-order chi connectivity index (χ0) is 26.7. The van der Waals surface area contributed by atoms with Gasteiger partial charge in [-0.05, 0) is 32.1 Å². The third-order valence-electron chi connectivity index (χ3n) is 5.11. The van der Waals surface area contributed by atoms with Crippen molar-refractivity contribution in [3.05, 3.63) is 0 Å². The van der Waals surface area contributed by atoms with Crippen molar-refractivity contribution in [2.45, 2.75) is 79.1 Å². The molecule has 0 aliphatic heterocycles. The van der Waals surface area contributed by atoms with Gasteiger partial charge in [0.05, 0.1) is 0 Å². The molecule has 12 heteroatoms. The lowest BCUT2D eigenvalue weighted by Crippen LogP contribution is -2.58. The van der Waals surface area contributed by atoms with E-state index >= 15 is 0 Å². The lowest BCUT2D eigenvalue weighted by Gasteiger charge is -2.31. The average Bonchev–Trinajstić information content (AvgIpc) is 2.72. The minimum Gasteiger partial charge on any atom is -0.480 e. The molecular formula is C22H39N5O7. The molecule has 0 aliphatic carbocycles. The number of carbonyl (C=O) groups is 6. The van der Waals surface area contributed by atoms with Crippen molar-refractivity contribution < 1.29 is 33.9 Å². The molecular weight excluding hydrogens is 446 g/mol. The maximum atomic E-state index is 12.8. The molecule has 4 atom stereocenters. The molecule has 0 aromatic carbocycles. The lowest BCUT2D eigenvalue weighted by molar-refractivity contribution is -0.142. The van der Waals surface area contributed by atoms with Crippen molar-refractivity contribution in [3.8, 4) is 0 Å². The van der Waals surface area contributed by atoms with Gasteiger partial charge in [0.1, 0.15) is 30.7 Å². The third kappa shape index (κ3) is 10.6. The van der Waals surface area contributed by atoms with Gasteiger partial charge < -0.3 is 31.3 Å². The minimum absolute atomic E-state index is 0.0305. The minimum atomic E-state index is -1.21. The number of carboxylic acids is 1. The van der Waals surface area contributed by atoms with Crippen LogP contribution in [0.15, 0.2) is 0 Å². The zero-order valence-electron chi connectivity index (χ0n) is 21.2. The fourth-order valence-electron chi connectivity index (χ4n) is 3.00. The highest BCUT2D eigenvalue weighted by Crippen LogP contribution is 2.09. The fraction of sp³-hybridized carbons (Fsp3) is 0.727. The van der Waals surface area contributed by atoms with Crippen molar-refractivity contribution in [2.75, 3.05) is 13.6 Å². The number of nitrogens with zero attached hydrogens (tertiary/aromatic N) is 1. The first-order valence-corrected chi connectivity index (χ1v) is 11.2. The van der Waals surface area contributed by atoms with E-state index in [2.05, 4.69) is 21.3 Å². The van der Waals surface area contributed by atoms with E-state index in [4.69, 9.17) is 5.11 Å². The number of likely N-dealkylation sites (N-methyl/N-ethyl adjacent to an activating group) is 1. The van der Waals surface area contributed by atoms with Crippen molar-refractivity contribution in [2.24, 2.45) is 11.8 Å². The largest absolute Gasteiger partial charge is 0.480 e. The van der Waals surface area contributed by atoms with E-state index in [1.54, 1.807) is 13.8 Å². The third-order valence-corrected chi connectivity index (χ3v) is 5.11. The van der Waals surface area contributed by atoms with Gasteiger partial charge >= 0.3 is 5.97 Å². The van der Waals surface area contributed by atoms with Crippen LogP contribution in [-0.2, 0) is 28.8 Å². The fourth-order valence-corrected chi connectivity index (χ4v) is 3.00. The Hall–Kier alpha value is -3.18. The highest BCUT2D eigenvalue weighted by Gasteiger charge is 2.32. The average molecular weight is 486 g/mol. The van der Waals surface area contributed by atoms with Crippen LogP contribution in [0.2, 0.25) is 0 Å². The first-order chi connectivity index (χ1) is 15.6. The topological polar surface area (TPSA) is 174 Å². The molecule has 0 heterocycles. The molecule has 12 nitrogen and oxygen atoms in total. The SMILES string of the molecule is CC(=O)N[C@H](C(=O)N(C)[C@@H](C)C(=O)N[C@@H](C)C(=O)N[C@@H](CC(C)C)C(=O)NCC(=O)O)C(C)C. The smallest absolute Gasteiger partial charge is 0.322 e. The predicted octanol–water partition coefficient (Wildman–Crippen LogP) is -0.770. The predicted molar refractivity (Wildman–Crippen MR) is 124 cm³/mol. The van der Waals surface area contributed by atoms with Crippen molar-refractivity contribution in [1.82, 2.24) is 26.2 Å². The Balaban J connectivity index is 5.17. The van der Waals surface area contributed by atoms with Gasteiger partial charge in [-0.15, -0.1) is 0 Å². The Morgan fingerprint density at radius 2 is 1.38 bits per heavy atom. The molecule has 0 saturated heterocycles. The summed E-state index contributed by atoms with van der Waals surface area (Å²) in [7, 11) is 1.43. The Morgan fingerprint density at radius 1 is 0.824 bits per heavy atom. The molecule has 0 bridgehead atoms. The lowest BCUT2D eigenvalue weighted by atomic mass is 10.0. The molecule has 0 aromatic heterocycles. The van der Waals surface area contributed by atoms with Crippen LogP contribution in [0.25, 0.3) is 0 Å². The highest BCUT2D eigenvalue weighted by atomic mass is 16.4. The van der Waals surface area contributed by atoms with Gasteiger partial charge in [-0.3, -0.25) is 28.8 Å². The molecule has 0 rings (SSSR count). The van der Waals surface area contributed by atoms with E-state index in [-0.39, 0.29) is 24.2 Å². The van der Waals surface area contributed by atoms with Crippen molar-refractivity contribution >= 4 is 35.5 Å². The van der Waals surface area contributed by atoms with E-state index in [1.165, 1.54) is 32.7 Å². The summed E-state index contributed by atoms with van der Waals surface area (Å²) in [4.78, 5) is 73.7. The summed E-state index contributed by atoms with van der Waals surface area (Å²) in [6.07, 6.45) is 0.269. The Morgan fingerprint density at radius 3 is 1.82 bits per heavy atom. The second-order valence-corrected chi connectivity index (χ2v) is 9.08. The summed E-state index contributed by atoms with van der Waals surface area (Å²) in [5.74, 6) is -4.08. The molecule has 0 unspecified atom stereocenters. The normalized spacial score (nSPS) is 14.4. The number of amides is 5. The van der Waals surface area contributed by atoms with Crippen LogP contribution >= 0.6 is 0 Å². The summed E-state index contributed by atoms with van der Waals surface area (Å²) in [6, 6.07) is -3.75. The number of carbonyl (C=O) groups excluding carboxylic acids is 5. The van der Waals surface area contributed by atoms with Crippen LogP contribution in [0.1, 0.15) is 54.9 Å². The van der Waals surface area contributed by atoms with E-state index in [1.807, 2.05) is 13.8 Å². The Bertz CT molecular complexity index is 769. The summed E-state index contributed by atoms with van der Waals surface area (Å²) < 4.78 is 0. The van der Waals surface area contributed by atoms with Gasteiger partial charge in [0.2, 0.25) is 29.5 Å². The van der Waals surface area contributed by atoms with Gasteiger partial charge in [-0.2, -0.15) is 0 Å². The molecule has 5 amide bonds. The summed E-state index contributed by atoms with van der Waals surface area (Å²) >= 11 is 0. The monoisotopic (exact) mass is 485 g/mol. The van der Waals surface area contributed by atoms with Crippen LogP contribution in [0, 0.1) is 11.8 Å². The number of aliphatic carboxylic acids is 1. The standard InChI is InChI=1S/C22H39N5O7/c1-11(2)9-16(21(33)23-10-17(29)30)26-19(31)13(5)24-20(32)14(6)27(8)22(34)18(12(3)4)25-15(7)28/h11-14,16,18H,9-10H2,1-8H3,(H,23,33)(H,24,32)(H,25,28)(H,26,31)(H,29,30)/t13-,14-,16-,18-/m0/s1. The summed E-state index contributed by atoms with van der Waals surface area (Å²) in [5, 5.41) is 18.6. The van der Waals surface area contributed by atoms with Gasteiger partial charge in [0, 0.05) is 14.0 Å². The number of hydrogen-bond acceptors (Lipinski definition) is 6. The molecule has 194 valence electrons. The van der Waals surface area contributed by atoms with Crippen molar-refractivity contribution in [3.63, 3.8) is 0 Å². The second-order valence-electron chi connectivity index (χ2n) is 9.08. The molecule has 0 radical (unpaired) electrons. The second kappa shape index (κ2) is 14.2. The Kier molecular flexibility index (Phi) is 12.8. The van der Waals surface area contributed by atoms with E-state index < -0.39 is 60.3 Å². The first-order valence-electron chi connectivity index (χ1n) is 11.2. The molecule has 0 aliphatic rings. The van der Waals surface area contributed by atoms with Gasteiger partial charge in [-0.25, -0.2) is 0 Å². The Labute approximate surface area is 200 Å². The van der Waals surface area contributed by atoms with E-state index in [9.17, 15) is 28.8 Å². The maximum absolute atomic E-state index is 12.8. The summed E-state index contributed by atoms with van der Waals surface area (Å²) in [5.41, 5.74) is 0. The van der Waals surface area contributed by atoms with Crippen LogP contribution in [0.3, 0.4) is 0 Å². The van der Waals surface area contributed by atoms with Gasteiger partial charge in [0.25, 0.3) is 0 Å². The van der Waals surface area contributed by atoms with E-state index in [0.29, 0.717) is 0 Å². The molecule has 5 N–H and O–H groups in total. The molecule has 0 aromatic rings. The van der Waals surface area contributed by atoms with Crippen LogP contribution < -0.4 is 21.3 Å². The highest BCUT2D eigenvalue weighted by molar-refractivity contribution is 5.95. The van der Waals surface area contributed by atoms with Gasteiger partial charge in [0.15, 0.2) is 0 Å². The number of nitrogens with one attached hydrogen (secondary N) is 4. The maximum Gasteiger partial charge on any atom is 0.322 e. The van der Waals surface area contributed by atoms with Crippen LogP contribution in [0.5, 0.6) is 0 Å². The molecule has 0 spiro atoms. The molecule has 0 saturated carbocycles. The first kappa shape index (κ1) is 30.8. The summed E-state index contributed by atoms with van der Waals surface area (Å²) in [6.45, 7) is 10.9. The van der Waals surface area contributed by atoms with Gasteiger partial charge in [-0.1, -0.05) is 27.7 Å². The van der Waals surface area contributed by atoms with Crippen molar-refractivity contribution in [1.29, 1.82) is 0 Å². The molecule has 34 heavy (non-hydrogen) atoms. The quantitative estimate of drug-likeness (QED) is 0.228. The van der Waals surface area contributed by atoms with Crippen LogP contribution in [-0.4, -0.2) is 83.3 Å². The molecule has 0 fully saturated rings. The number of hydrogen-bond donors (Lipinski definition) is 5. The number of rotatable bonds is 13. The zero-order valence-corrected chi connectivity index (χ0v) is 21.2.